The summed E-state index contributed by atoms with van der Waals surface area (Å²) in [5, 5.41) is 14.4. The molecular weight excluding hydrogens is 408 g/mol. The van der Waals surface area contributed by atoms with Gasteiger partial charge in [-0.1, -0.05) is 45.9 Å². The largest absolute Gasteiger partial charge is 0.478 e. The average molecular weight is 443 g/mol. The molecule has 1 aromatic heterocycles. The van der Waals surface area contributed by atoms with Crippen LogP contribution in [-0.2, 0) is 23.7 Å². The molecule has 0 amide bonds. The van der Waals surface area contributed by atoms with Crippen LogP contribution in [0.3, 0.4) is 0 Å². The molecule has 2 aliphatic rings. The fraction of sp³-hybridized carbons (Fsp3) is 0.448. The maximum Gasteiger partial charge on any atom is 0.335 e. The van der Waals surface area contributed by atoms with Crippen LogP contribution in [0.25, 0.3) is 22.5 Å². The Morgan fingerprint density at radius 1 is 0.970 bits per heavy atom. The Bertz CT molecular complexity index is 1260. The number of fused-ring (bicyclic) bond motifs is 4. The Labute approximate surface area is 196 Å². The lowest BCUT2D eigenvalue weighted by Gasteiger charge is -2.43. The predicted octanol–water partition coefficient (Wildman–Crippen LogP) is 6.94. The van der Waals surface area contributed by atoms with E-state index in [0.29, 0.717) is 5.56 Å². The number of hydrogen-bond acceptors (Lipinski definition) is 2. The SMILES string of the molecule is CC(C)n1nc(-c2ccc(C(=O)O)cc2)c2c1-c1cc3c(cc1CC2)C(C)(C)CCC3(C)C. The van der Waals surface area contributed by atoms with Gasteiger partial charge in [0, 0.05) is 22.7 Å². The zero-order valence-electron chi connectivity index (χ0n) is 20.6. The second-order valence-electron chi connectivity index (χ2n) is 11.4. The van der Waals surface area contributed by atoms with Crippen molar-refractivity contribution < 1.29 is 9.90 Å². The molecular formula is C29H34N2O2. The number of nitrogens with zero attached hydrogens (tertiary/aromatic N) is 2. The van der Waals surface area contributed by atoms with E-state index in [1.54, 1.807) is 12.1 Å². The fourth-order valence-corrected chi connectivity index (χ4v) is 5.71. The summed E-state index contributed by atoms with van der Waals surface area (Å²) in [5.41, 5.74) is 10.9. The van der Waals surface area contributed by atoms with E-state index in [9.17, 15) is 9.90 Å². The number of aromatic carboxylic acids is 1. The summed E-state index contributed by atoms with van der Waals surface area (Å²) in [6.45, 7) is 13.9. The van der Waals surface area contributed by atoms with Gasteiger partial charge in [-0.25, -0.2) is 4.79 Å². The van der Waals surface area contributed by atoms with Crippen molar-refractivity contribution in [1.82, 2.24) is 9.78 Å². The molecule has 0 bridgehead atoms. The van der Waals surface area contributed by atoms with Gasteiger partial charge in [-0.05, 0) is 85.3 Å². The van der Waals surface area contributed by atoms with E-state index in [2.05, 4.69) is 58.4 Å². The third-order valence-electron chi connectivity index (χ3n) is 7.88. The molecule has 2 aromatic carbocycles. The van der Waals surface area contributed by atoms with Gasteiger partial charge in [0.05, 0.1) is 17.0 Å². The van der Waals surface area contributed by atoms with Gasteiger partial charge in [0.1, 0.15) is 0 Å². The van der Waals surface area contributed by atoms with Gasteiger partial charge in [-0.2, -0.15) is 5.10 Å². The number of carboxylic acids is 1. The summed E-state index contributed by atoms with van der Waals surface area (Å²) in [5.74, 6) is -0.902. The molecule has 0 saturated heterocycles. The number of carbonyl (C=O) groups is 1. The Morgan fingerprint density at radius 3 is 2.15 bits per heavy atom. The lowest BCUT2D eigenvalue weighted by Crippen LogP contribution is -2.34. The lowest BCUT2D eigenvalue weighted by molar-refractivity contribution is 0.0697. The number of aryl methyl sites for hydroxylation is 1. The van der Waals surface area contributed by atoms with E-state index in [-0.39, 0.29) is 16.9 Å². The van der Waals surface area contributed by atoms with E-state index in [1.807, 2.05) is 12.1 Å². The van der Waals surface area contributed by atoms with Crippen LogP contribution in [0.2, 0.25) is 0 Å². The van der Waals surface area contributed by atoms with Crippen LogP contribution in [-0.4, -0.2) is 20.9 Å². The number of rotatable bonds is 3. The minimum Gasteiger partial charge on any atom is -0.478 e. The Kier molecular flexibility index (Phi) is 4.86. The molecule has 0 atom stereocenters. The highest BCUT2D eigenvalue weighted by molar-refractivity contribution is 5.88. The van der Waals surface area contributed by atoms with Crippen molar-refractivity contribution in [3.8, 4) is 22.5 Å². The second kappa shape index (κ2) is 7.31. The average Bonchev–Trinajstić information content (AvgIpc) is 3.17. The van der Waals surface area contributed by atoms with Gasteiger partial charge >= 0.3 is 5.97 Å². The van der Waals surface area contributed by atoms with E-state index in [0.717, 1.165) is 24.1 Å². The number of hydrogen-bond donors (Lipinski definition) is 1. The highest BCUT2D eigenvalue weighted by Gasteiger charge is 2.39. The van der Waals surface area contributed by atoms with Crippen LogP contribution in [0.5, 0.6) is 0 Å². The van der Waals surface area contributed by atoms with Crippen molar-refractivity contribution in [2.75, 3.05) is 0 Å². The summed E-state index contributed by atoms with van der Waals surface area (Å²) in [7, 11) is 0. The maximum atomic E-state index is 11.3. The van der Waals surface area contributed by atoms with E-state index < -0.39 is 5.97 Å². The van der Waals surface area contributed by atoms with Crippen LogP contribution in [0, 0.1) is 0 Å². The van der Waals surface area contributed by atoms with E-state index in [1.165, 1.54) is 46.4 Å². The maximum absolute atomic E-state index is 11.3. The lowest BCUT2D eigenvalue weighted by atomic mass is 9.62. The van der Waals surface area contributed by atoms with Crippen molar-refractivity contribution >= 4 is 5.97 Å². The van der Waals surface area contributed by atoms with Gasteiger partial charge in [0.25, 0.3) is 0 Å². The molecule has 4 heteroatoms. The number of benzene rings is 2. The van der Waals surface area contributed by atoms with Crippen molar-refractivity contribution in [2.24, 2.45) is 0 Å². The molecule has 0 fully saturated rings. The summed E-state index contributed by atoms with van der Waals surface area (Å²) >= 11 is 0. The third kappa shape index (κ3) is 3.42. The van der Waals surface area contributed by atoms with Gasteiger partial charge in [-0.3, -0.25) is 4.68 Å². The molecule has 0 radical (unpaired) electrons. The molecule has 5 rings (SSSR count). The first-order valence-electron chi connectivity index (χ1n) is 12.1. The van der Waals surface area contributed by atoms with Crippen molar-refractivity contribution in [2.45, 2.75) is 84.1 Å². The standard InChI is InChI=1S/C29H34N2O2/c1-17(2)31-26-21(25(30-31)18-7-9-19(10-8-18)27(32)33)12-11-20-15-23-24(16-22(20)26)29(5,6)14-13-28(23,3)4/h7-10,15-17H,11-14H2,1-6H3,(H,32,33). The molecule has 0 spiro atoms. The highest BCUT2D eigenvalue weighted by Crippen LogP contribution is 2.50. The zero-order valence-corrected chi connectivity index (χ0v) is 20.6. The first kappa shape index (κ1) is 21.9. The van der Waals surface area contributed by atoms with Crippen LogP contribution < -0.4 is 0 Å². The number of aromatic nitrogens is 2. The third-order valence-corrected chi connectivity index (χ3v) is 7.88. The Balaban J connectivity index is 1.72. The first-order valence-corrected chi connectivity index (χ1v) is 12.1. The molecule has 3 aromatic rings. The first-order chi connectivity index (χ1) is 15.5. The summed E-state index contributed by atoms with van der Waals surface area (Å²) in [4.78, 5) is 11.3. The summed E-state index contributed by atoms with van der Waals surface area (Å²) in [6.07, 6.45) is 4.38. The monoisotopic (exact) mass is 442 g/mol. The molecule has 0 saturated carbocycles. The smallest absolute Gasteiger partial charge is 0.335 e. The van der Waals surface area contributed by atoms with Gasteiger partial charge in [0.2, 0.25) is 0 Å². The van der Waals surface area contributed by atoms with E-state index in [4.69, 9.17) is 5.10 Å². The van der Waals surface area contributed by atoms with Crippen molar-refractivity contribution in [1.29, 1.82) is 0 Å². The quantitative estimate of drug-likeness (QED) is 0.478. The molecule has 0 unspecified atom stereocenters. The minimum absolute atomic E-state index is 0.162. The fourth-order valence-electron chi connectivity index (χ4n) is 5.71. The molecule has 4 nitrogen and oxygen atoms in total. The molecule has 2 aliphatic carbocycles. The topological polar surface area (TPSA) is 55.1 Å². The van der Waals surface area contributed by atoms with Crippen LogP contribution in [0.4, 0.5) is 0 Å². The molecule has 1 N–H and O–H groups in total. The van der Waals surface area contributed by atoms with Crippen LogP contribution >= 0.6 is 0 Å². The summed E-state index contributed by atoms with van der Waals surface area (Å²) < 4.78 is 2.18. The molecule has 0 aliphatic heterocycles. The normalized spacial score (nSPS) is 17.9. The second-order valence-corrected chi connectivity index (χ2v) is 11.4. The van der Waals surface area contributed by atoms with Crippen LogP contribution in [0.15, 0.2) is 36.4 Å². The highest BCUT2D eigenvalue weighted by atomic mass is 16.4. The van der Waals surface area contributed by atoms with Gasteiger partial charge < -0.3 is 5.11 Å². The van der Waals surface area contributed by atoms with Crippen LogP contribution in [0.1, 0.15) is 93.0 Å². The number of carboxylic acid groups (broad SMARTS) is 1. The van der Waals surface area contributed by atoms with Gasteiger partial charge in [0.15, 0.2) is 0 Å². The predicted molar refractivity (Wildman–Crippen MR) is 133 cm³/mol. The molecule has 1 heterocycles. The van der Waals surface area contributed by atoms with Gasteiger partial charge in [-0.15, -0.1) is 0 Å². The summed E-state index contributed by atoms with van der Waals surface area (Å²) in [6, 6.07) is 12.3. The zero-order chi connectivity index (χ0) is 23.7. The molecule has 33 heavy (non-hydrogen) atoms. The van der Waals surface area contributed by atoms with E-state index >= 15 is 0 Å². The molecule has 172 valence electrons. The Morgan fingerprint density at radius 2 is 1.58 bits per heavy atom. The van der Waals surface area contributed by atoms with Crippen molar-refractivity contribution in [3.63, 3.8) is 0 Å². The minimum atomic E-state index is -0.902. The van der Waals surface area contributed by atoms with Crippen molar-refractivity contribution in [3.05, 3.63) is 64.2 Å². The Hall–Kier alpha value is -2.88.